The largest absolute Gasteiger partial charge is 0.493 e. The fourth-order valence-electron chi connectivity index (χ4n) is 3.25. The molecule has 0 aliphatic carbocycles. The van der Waals surface area contributed by atoms with Crippen molar-refractivity contribution in [2.45, 2.75) is 24.2 Å². The maximum Gasteiger partial charge on any atom is 0.223 e. The lowest BCUT2D eigenvalue weighted by Crippen LogP contribution is -2.42. The molecule has 7 nitrogen and oxygen atoms in total. The average molecular weight is 384 g/mol. The van der Waals surface area contributed by atoms with E-state index in [1.165, 1.54) is 26.4 Å². The van der Waals surface area contributed by atoms with Crippen LogP contribution in [-0.2, 0) is 14.6 Å². The number of nitrogens with zero attached hydrogens (tertiary/aromatic N) is 1. The molecule has 1 aliphatic rings. The lowest BCUT2D eigenvalue weighted by Gasteiger charge is -2.32. The summed E-state index contributed by atoms with van der Waals surface area (Å²) in [7, 11) is 1.27. The Labute approximate surface area is 155 Å². The van der Waals surface area contributed by atoms with E-state index in [4.69, 9.17) is 9.47 Å². The van der Waals surface area contributed by atoms with E-state index in [0.29, 0.717) is 30.5 Å². The number of methoxy groups -OCH3 is 2. The molecule has 0 spiro atoms. The third kappa shape index (κ3) is 5.11. The summed E-state index contributed by atoms with van der Waals surface area (Å²) in [4.78, 5) is 14.4. The zero-order valence-electron chi connectivity index (χ0n) is 15.7. The lowest BCUT2D eigenvalue weighted by molar-refractivity contribution is -0.132. The molecule has 26 heavy (non-hydrogen) atoms. The molecule has 0 aromatic heterocycles. The van der Waals surface area contributed by atoms with Crippen molar-refractivity contribution in [1.29, 1.82) is 0 Å². The first-order valence-corrected chi connectivity index (χ1v) is 10.4. The zero-order chi connectivity index (χ0) is 19.2. The molecule has 1 unspecified atom stereocenters. The van der Waals surface area contributed by atoms with Crippen molar-refractivity contribution in [3.8, 4) is 11.5 Å². The quantitative estimate of drug-likeness (QED) is 0.728. The molecule has 2 rings (SSSR count). The minimum absolute atomic E-state index is 0.0110. The number of hydrogen-bond donors (Lipinski definition) is 1. The van der Waals surface area contributed by atoms with Gasteiger partial charge >= 0.3 is 0 Å². The number of nitrogens with one attached hydrogen (secondary N) is 1. The van der Waals surface area contributed by atoms with Gasteiger partial charge in [0.1, 0.15) is 0 Å². The number of carbonyl (C=O) groups excluding carboxylic acids is 1. The first kappa shape index (κ1) is 20.5. The molecule has 1 aromatic rings. The Kier molecular flexibility index (Phi) is 7.28. The molecule has 8 heteroatoms. The van der Waals surface area contributed by atoms with Crippen molar-refractivity contribution in [3.05, 3.63) is 18.2 Å². The average Bonchev–Trinajstić information content (AvgIpc) is 2.66. The second kappa shape index (κ2) is 9.23. The number of piperidine rings is 1. The van der Waals surface area contributed by atoms with Gasteiger partial charge < -0.3 is 19.7 Å². The molecule has 1 aliphatic heterocycles. The molecule has 1 N–H and O–H groups in total. The predicted molar refractivity (Wildman–Crippen MR) is 99.4 cm³/mol. The Bertz CT molecular complexity index is 718. The zero-order valence-corrected chi connectivity index (χ0v) is 16.5. The molecule has 1 saturated heterocycles. The summed E-state index contributed by atoms with van der Waals surface area (Å²) >= 11 is 0. The van der Waals surface area contributed by atoms with Crippen LogP contribution in [-0.4, -0.2) is 65.9 Å². The van der Waals surface area contributed by atoms with E-state index in [9.17, 15) is 13.2 Å². The van der Waals surface area contributed by atoms with Crippen LogP contribution in [0.3, 0.4) is 0 Å². The maximum atomic E-state index is 12.6. The van der Waals surface area contributed by atoms with Gasteiger partial charge in [-0.2, -0.15) is 0 Å². The number of ether oxygens (including phenoxy) is 2. The number of rotatable bonds is 8. The fourth-order valence-corrected chi connectivity index (χ4v) is 4.50. The van der Waals surface area contributed by atoms with E-state index in [0.717, 1.165) is 19.4 Å². The Morgan fingerprint density at radius 3 is 2.65 bits per heavy atom. The van der Waals surface area contributed by atoms with Crippen molar-refractivity contribution in [1.82, 2.24) is 10.2 Å². The summed E-state index contributed by atoms with van der Waals surface area (Å²) in [5, 5.41) is 3.14. The van der Waals surface area contributed by atoms with Crippen molar-refractivity contribution in [2.24, 2.45) is 5.92 Å². The number of carbonyl (C=O) groups is 1. The Hall–Kier alpha value is -1.80. The van der Waals surface area contributed by atoms with Gasteiger partial charge in [-0.15, -0.1) is 0 Å². The van der Waals surface area contributed by atoms with E-state index >= 15 is 0 Å². The minimum Gasteiger partial charge on any atom is -0.493 e. The monoisotopic (exact) mass is 384 g/mol. The highest BCUT2D eigenvalue weighted by molar-refractivity contribution is 7.91. The van der Waals surface area contributed by atoms with Crippen molar-refractivity contribution >= 4 is 15.7 Å². The smallest absolute Gasteiger partial charge is 0.223 e. The van der Waals surface area contributed by atoms with Crippen LogP contribution in [0.15, 0.2) is 23.1 Å². The molecule has 1 fully saturated rings. The van der Waals surface area contributed by atoms with Gasteiger partial charge in [0, 0.05) is 25.6 Å². The van der Waals surface area contributed by atoms with Gasteiger partial charge in [-0.1, -0.05) is 0 Å². The van der Waals surface area contributed by atoms with Crippen LogP contribution in [0.2, 0.25) is 0 Å². The standard InChI is InChI=1S/C18H28N2O5S/c1-19-12-14-5-4-9-20(13-14)18(21)8-10-26(22,23)15-6-7-16(24-2)17(11-15)25-3/h6-7,11,14,19H,4-5,8-10,12-13H2,1-3H3. The molecule has 0 saturated carbocycles. The van der Waals surface area contributed by atoms with Gasteiger partial charge in [0.15, 0.2) is 21.3 Å². The van der Waals surface area contributed by atoms with Crippen LogP contribution in [0.5, 0.6) is 11.5 Å². The number of sulfone groups is 1. The van der Waals surface area contributed by atoms with Gasteiger partial charge in [0.2, 0.25) is 5.91 Å². The van der Waals surface area contributed by atoms with Crippen LogP contribution < -0.4 is 14.8 Å². The lowest BCUT2D eigenvalue weighted by atomic mass is 9.98. The van der Waals surface area contributed by atoms with E-state index in [1.807, 2.05) is 7.05 Å². The molecule has 1 aromatic carbocycles. The van der Waals surface area contributed by atoms with Gasteiger partial charge in [-0.05, 0) is 44.5 Å². The molecular weight excluding hydrogens is 356 g/mol. The second-order valence-corrected chi connectivity index (χ2v) is 8.60. The van der Waals surface area contributed by atoms with Crippen molar-refractivity contribution in [3.63, 3.8) is 0 Å². The SMILES string of the molecule is CNCC1CCCN(C(=O)CCS(=O)(=O)c2ccc(OC)c(OC)c2)C1. The van der Waals surface area contributed by atoms with Crippen molar-refractivity contribution < 1.29 is 22.7 Å². The number of likely N-dealkylation sites (tertiary alicyclic amines) is 1. The van der Waals surface area contributed by atoms with Crippen LogP contribution in [0, 0.1) is 5.92 Å². The third-order valence-electron chi connectivity index (χ3n) is 4.66. The minimum atomic E-state index is -3.57. The third-order valence-corrected chi connectivity index (χ3v) is 6.38. The Morgan fingerprint density at radius 2 is 2.00 bits per heavy atom. The first-order chi connectivity index (χ1) is 12.4. The summed E-state index contributed by atoms with van der Waals surface area (Å²) in [6, 6.07) is 4.47. The van der Waals surface area contributed by atoms with E-state index in [-0.39, 0.29) is 23.0 Å². The van der Waals surface area contributed by atoms with Crippen LogP contribution >= 0.6 is 0 Å². The predicted octanol–water partition coefficient (Wildman–Crippen LogP) is 1.33. The van der Waals surface area contributed by atoms with Gasteiger partial charge in [0.05, 0.1) is 24.9 Å². The summed E-state index contributed by atoms with van der Waals surface area (Å²) < 4.78 is 35.4. The molecule has 146 valence electrons. The maximum absolute atomic E-state index is 12.6. The van der Waals surface area contributed by atoms with Crippen LogP contribution in [0.25, 0.3) is 0 Å². The summed E-state index contributed by atoms with van der Waals surface area (Å²) in [5.74, 6) is 0.932. The first-order valence-electron chi connectivity index (χ1n) is 8.78. The van der Waals surface area contributed by atoms with Gasteiger partial charge in [-0.25, -0.2) is 8.42 Å². The van der Waals surface area contributed by atoms with Crippen molar-refractivity contribution in [2.75, 3.05) is 46.7 Å². The topological polar surface area (TPSA) is 84.9 Å². The van der Waals surface area contributed by atoms with E-state index in [1.54, 1.807) is 11.0 Å². The van der Waals surface area contributed by atoms with Crippen LogP contribution in [0.1, 0.15) is 19.3 Å². The molecule has 0 radical (unpaired) electrons. The molecule has 1 amide bonds. The van der Waals surface area contributed by atoms with Gasteiger partial charge in [0.25, 0.3) is 0 Å². The fraction of sp³-hybridized carbons (Fsp3) is 0.611. The summed E-state index contributed by atoms with van der Waals surface area (Å²) in [5.41, 5.74) is 0. The highest BCUT2D eigenvalue weighted by atomic mass is 32.2. The molecule has 1 atom stereocenters. The Morgan fingerprint density at radius 1 is 1.27 bits per heavy atom. The normalized spacial score (nSPS) is 17.8. The highest BCUT2D eigenvalue weighted by Crippen LogP contribution is 2.30. The molecular formula is C18H28N2O5S. The number of amides is 1. The van der Waals surface area contributed by atoms with Crippen LogP contribution in [0.4, 0.5) is 0 Å². The van der Waals surface area contributed by atoms with Gasteiger partial charge in [-0.3, -0.25) is 4.79 Å². The second-order valence-electron chi connectivity index (χ2n) is 6.49. The molecule has 1 heterocycles. The Balaban J connectivity index is 2.00. The number of hydrogen-bond acceptors (Lipinski definition) is 6. The molecule has 0 bridgehead atoms. The number of benzene rings is 1. The summed E-state index contributed by atoms with van der Waals surface area (Å²) in [6.45, 7) is 2.26. The van der Waals surface area contributed by atoms with E-state index in [2.05, 4.69) is 5.32 Å². The van der Waals surface area contributed by atoms with E-state index < -0.39 is 9.84 Å². The highest BCUT2D eigenvalue weighted by Gasteiger charge is 2.25. The summed E-state index contributed by atoms with van der Waals surface area (Å²) in [6.07, 6.45) is 2.04.